The van der Waals surface area contributed by atoms with Crippen LogP contribution in [0.15, 0.2) is 34.9 Å². The lowest BCUT2D eigenvalue weighted by molar-refractivity contribution is -0.142. The molecule has 32 heavy (non-hydrogen) atoms. The third kappa shape index (κ3) is 4.17. The van der Waals surface area contributed by atoms with E-state index >= 15 is 0 Å². The summed E-state index contributed by atoms with van der Waals surface area (Å²) in [6.45, 7) is 1.28. The van der Waals surface area contributed by atoms with Gasteiger partial charge in [0.05, 0.1) is 12.2 Å². The predicted octanol–water partition coefficient (Wildman–Crippen LogP) is 4.72. The number of benzene rings is 1. The van der Waals surface area contributed by atoms with E-state index in [9.17, 15) is 18.0 Å². The van der Waals surface area contributed by atoms with Crippen molar-refractivity contribution in [1.82, 2.24) is 10.3 Å². The van der Waals surface area contributed by atoms with E-state index in [-0.39, 0.29) is 37.1 Å². The van der Waals surface area contributed by atoms with Crippen LogP contribution >= 0.6 is 0 Å². The van der Waals surface area contributed by atoms with Crippen LogP contribution in [0.3, 0.4) is 0 Å². The van der Waals surface area contributed by atoms with Gasteiger partial charge in [-0.25, -0.2) is 0 Å². The minimum absolute atomic E-state index is 0.0658. The maximum absolute atomic E-state index is 13.3. The number of hydrogen-bond donors (Lipinski definition) is 2. The van der Waals surface area contributed by atoms with Crippen LogP contribution < -0.4 is 10.1 Å². The van der Waals surface area contributed by atoms with Crippen LogP contribution in [0.5, 0.6) is 5.75 Å². The average Bonchev–Trinajstić information content (AvgIpc) is 3.05. The number of halogens is 3. The van der Waals surface area contributed by atoms with Gasteiger partial charge in [-0.15, -0.1) is 0 Å². The van der Waals surface area contributed by atoms with Crippen LogP contribution in [-0.4, -0.2) is 29.1 Å². The fourth-order valence-electron chi connectivity index (χ4n) is 4.04. The molecule has 1 fully saturated rings. The number of fused-ring (bicyclic) bond motifs is 1. The van der Waals surface area contributed by atoms with Crippen molar-refractivity contribution < 1.29 is 32.2 Å². The third-order valence-electron chi connectivity index (χ3n) is 5.71. The lowest BCUT2D eigenvalue weighted by Gasteiger charge is -2.28. The van der Waals surface area contributed by atoms with E-state index in [4.69, 9.17) is 14.3 Å². The van der Waals surface area contributed by atoms with Crippen molar-refractivity contribution in [1.29, 1.82) is 0 Å². The summed E-state index contributed by atoms with van der Waals surface area (Å²) in [5, 5.41) is 12.3. The molecule has 3 aromatic rings. The number of aliphatic hydroxyl groups excluding tert-OH is 1. The Bertz CT molecular complexity index is 1140. The second kappa shape index (κ2) is 8.82. The lowest BCUT2D eigenvalue weighted by atomic mass is 9.77. The molecule has 2 heterocycles. The molecular formula is C23H23F3N2O4. The zero-order valence-electron chi connectivity index (χ0n) is 17.5. The first-order chi connectivity index (χ1) is 15.3. The highest BCUT2D eigenvalue weighted by Gasteiger charge is 2.35. The third-order valence-corrected chi connectivity index (χ3v) is 5.71. The number of aliphatic hydroxyl groups is 1. The van der Waals surface area contributed by atoms with E-state index in [2.05, 4.69) is 10.3 Å². The van der Waals surface area contributed by atoms with Gasteiger partial charge in [-0.05, 0) is 43.9 Å². The topological polar surface area (TPSA) is 84.6 Å². The van der Waals surface area contributed by atoms with E-state index in [1.165, 1.54) is 12.1 Å². The van der Waals surface area contributed by atoms with Crippen LogP contribution in [0.1, 0.15) is 58.1 Å². The second-order valence-corrected chi connectivity index (χ2v) is 7.79. The van der Waals surface area contributed by atoms with Gasteiger partial charge < -0.3 is 19.6 Å². The Morgan fingerprint density at radius 3 is 2.75 bits per heavy atom. The van der Waals surface area contributed by atoms with E-state index in [0.717, 1.165) is 31.0 Å². The molecule has 1 aliphatic carbocycles. The molecule has 0 radical (unpaired) electrons. The number of amides is 1. The molecule has 0 atom stereocenters. The number of nitrogens with one attached hydrogen (secondary N) is 1. The van der Waals surface area contributed by atoms with Gasteiger partial charge in [0.1, 0.15) is 23.7 Å². The first-order valence-electron chi connectivity index (χ1n) is 10.4. The van der Waals surface area contributed by atoms with Gasteiger partial charge in [0.2, 0.25) is 0 Å². The number of nitrogens with zero attached hydrogens (tertiary/aromatic N) is 1. The summed E-state index contributed by atoms with van der Waals surface area (Å²) in [7, 11) is 0. The molecule has 0 bridgehead atoms. The number of carbonyl (C=O) groups is 1. The van der Waals surface area contributed by atoms with Crippen LogP contribution in [0.2, 0.25) is 0 Å². The van der Waals surface area contributed by atoms with Gasteiger partial charge in [0.25, 0.3) is 5.91 Å². The fraction of sp³-hybridized carbons (Fsp3) is 0.391. The zero-order chi connectivity index (χ0) is 22.9. The normalized spacial score (nSPS) is 14.4. The van der Waals surface area contributed by atoms with Crippen LogP contribution in [-0.2, 0) is 12.8 Å². The quantitative estimate of drug-likeness (QED) is 0.546. The smallest absolute Gasteiger partial charge is 0.433 e. The maximum atomic E-state index is 13.3. The van der Waals surface area contributed by atoms with Crippen molar-refractivity contribution >= 4 is 16.9 Å². The molecule has 0 aliphatic heterocycles. The zero-order valence-corrected chi connectivity index (χ0v) is 17.5. The summed E-state index contributed by atoms with van der Waals surface area (Å²) < 4.78 is 51.6. The minimum atomic E-state index is -4.58. The summed E-state index contributed by atoms with van der Waals surface area (Å²) in [4.78, 5) is 16.2. The molecule has 0 unspecified atom stereocenters. The van der Waals surface area contributed by atoms with Crippen molar-refractivity contribution in [3.63, 3.8) is 0 Å². The number of alkyl halides is 3. The summed E-state index contributed by atoms with van der Waals surface area (Å²) in [6.07, 6.45) is -0.690. The van der Waals surface area contributed by atoms with Gasteiger partial charge in [-0.3, -0.25) is 9.78 Å². The summed E-state index contributed by atoms with van der Waals surface area (Å²) in [5.41, 5.74) is 0.608. The predicted molar refractivity (Wildman–Crippen MR) is 111 cm³/mol. The Morgan fingerprint density at radius 1 is 1.31 bits per heavy atom. The lowest BCUT2D eigenvalue weighted by Crippen LogP contribution is -2.27. The highest BCUT2D eigenvalue weighted by atomic mass is 19.4. The monoisotopic (exact) mass is 448 g/mol. The van der Waals surface area contributed by atoms with Gasteiger partial charge in [-0.1, -0.05) is 12.5 Å². The second-order valence-electron chi connectivity index (χ2n) is 7.79. The minimum Gasteiger partial charge on any atom is -0.489 e. The molecule has 4 rings (SSSR count). The van der Waals surface area contributed by atoms with E-state index in [0.29, 0.717) is 28.0 Å². The first-order valence-corrected chi connectivity index (χ1v) is 10.4. The number of hydrogen-bond acceptors (Lipinski definition) is 5. The molecular weight excluding hydrogens is 425 g/mol. The largest absolute Gasteiger partial charge is 0.489 e. The Balaban J connectivity index is 1.75. The van der Waals surface area contributed by atoms with Crippen molar-refractivity contribution in [2.75, 3.05) is 13.2 Å². The molecule has 2 aromatic heterocycles. The van der Waals surface area contributed by atoms with Crippen molar-refractivity contribution in [2.24, 2.45) is 0 Å². The van der Waals surface area contributed by atoms with Gasteiger partial charge in [0, 0.05) is 29.3 Å². The number of furan rings is 1. The molecule has 1 aromatic carbocycles. The molecule has 1 aliphatic rings. The van der Waals surface area contributed by atoms with Gasteiger partial charge >= 0.3 is 6.18 Å². The highest BCUT2D eigenvalue weighted by Crippen LogP contribution is 2.46. The number of aromatic nitrogens is 1. The fourth-order valence-corrected chi connectivity index (χ4v) is 4.04. The average molecular weight is 448 g/mol. The number of rotatable bonds is 7. The van der Waals surface area contributed by atoms with E-state index in [1.54, 1.807) is 19.1 Å². The van der Waals surface area contributed by atoms with Crippen LogP contribution in [0.25, 0.3) is 11.0 Å². The van der Waals surface area contributed by atoms with Crippen LogP contribution in [0.4, 0.5) is 13.2 Å². The molecule has 1 amide bonds. The number of aryl methyl sites for hydroxylation is 1. The molecule has 1 saturated carbocycles. The molecule has 2 N–H and O–H groups in total. The summed E-state index contributed by atoms with van der Waals surface area (Å²) in [6, 6.07) is 6.12. The molecule has 170 valence electrons. The molecule has 0 spiro atoms. The van der Waals surface area contributed by atoms with Crippen LogP contribution in [0, 0.1) is 6.92 Å². The van der Waals surface area contributed by atoms with Crippen molar-refractivity contribution in [3.8, 4) is 5.75 Å². The van der Waals surface area contributed by atoms with Crippen molar-refractivity contribution in [3.05, 3.63) is 58.6 Å². The standard InChI is InChI=1S/C23H23F3N2O4/c1-13-18(22(30)28-10-11-29)20-17(32-13)8-7-16(19(20)14-4-2-5-14)31-12-15-6-3-9-27-21(15)23(24,25)26/h3,6-9,14,29H,2,4-5,10-12H2,1H3,(H,28,30). The number of carbonyl (C=O) groups excluding carboxylic acids is 1. The Morgan fingerprint density at radius 2 is 2.09 bits per heavy atom. The van der Waals surface area contributed by atoms with Gasteiger partial charge in [-0.2, -0.15) is 13.2 Å². The Kier molecular flexibility index (Phi) is 6.10. The number of ether oxygens (including phenoxy) is 1. The van der Waals surface area contributed by atoms with Gasteiger partial charge in [0.15, 0.2) is 5.69 Å². The summed E-state index contributed by atoms with van der Waals surface area (Å²) >= 11 is 0. The highest BCUT2D eigenvalue weighted by molar-refractivity contribution is 6.09. The molecule has 0 saturated heterocycles. The maximum Gasteiger partial charge on any atom is 0.433 e. The SMILES string of the molecule is Cc1oc2ccc(OCc3cccnc3C(F)(F)F)c(C3CCC3)c2c1C(=O)NCCO. The van der Waals surface area contributed by atoms with E-state index < -0.39 is 11.9 Å². The van der Waals surface area contributed by atoms with Crippen molar-refractivity contribution in [2.45, 2.75) is 44.9 Å². The van der Waals surface area contributed by atoms with E-state index in [1.807, 2.05) is 0 Å². The Hall–Kier alpha value is -3.07. The Labute approximate surface area is 182 Å². The summed E-state index contributed by atoms with van der Waals surface area (Å²) in [5.74, 6) is 0.599. The first kappa shape index (κ1) is 22.1. The molecule has 9 heteroatoms. The number of pyridine rings is 1. The molecule has 6 nitrogen and oxygen atoms in total.